The van der Waals surface area contributed by atoms with E-state index >= 15 is 0 Å². The third kappa shape index (κ3) is 3.63. The normalized spacial score (nSPS) is 22.3. The number of piperidine rings is 1. The molecule has 9 rings (SSSR count). The number of allylic oxidation sites excluding steroid dienone is 3. The van der Waals surface area contributed by atoms with E-state index in [-0.39, 0.29) is 0 Å². The van der Waals surface area contributed by atoms with E-state index in [1.54, 1.807) is 5.70 Å². The lowest BCUT2D eigenvalue weighted by Gasteiger charge is -2.46. The van der Waals surface area contributed by atoms with E-state index in [1.807, 2.05) is 0 Å². The van der Waals surface area contributed by atoms with Crippen molar-refractivity contribution < 1.29 is 4.74 Å². The summed E-state index contributed by atoms with van der Waals surface area (Å²) in [7, 11) is 0. The third-order valence-electron chi connectivity index (χ3n) is 10.8. The zero-order valence-corrected chi connectivity index (χ0v) is 24.8. The lowest BCUT2D eigenvalue weighted by molar-refractivity contribution is 0.209. The maximum atomic E-state index is 7.24. The molecule has 42 heavy (non-hydrogen) atoms. The van der Waals surface area contributed by atoms with Crippen LogP contribution in [0, 0.1) is 12.8 Å². The van der Waals surface area contributed by atoms with Crippen LogP contribution in [0.1, 0.15) is 67.2 Å². The molecule has 3 aromatic rings. The molecule has 0 amide bonds. The van der Waals surface area contributed by atoms with Gasteiger partial charge in [-0.3, -0.25) is 0 Å². The molecule has 0 aromatic heterocycles. The Hall–Kier alpha value is -3.79. The smallest absolute Gasteiger partial charge is 0.210 e. The molecule has 3 aromatic carbocycles. The molecule has 4 nitrogen and oxygen atoms in total. The number of benzene rings is 3. The maximum Gasteiger partial charge on any atom is 0.210 e. The minimum absolute atomic E-state index is 0.617. The van der Waals surface area contributed by atoms with Crippen LogP contribution in [0.5, 0.6) is 5.75 Å². The Labute approximate surface area is 248 Å². The standard InChI is InChI=1S/C38H39N3O/c1-23-10-15-28(33(39)20-23)24-11-13-25(14-12-24)34-31-21-26-6-2-16-40-18-4-8-29(35(26)40)37(31)42-38-30-9-5-19-41-17-3-7-27(36(30)41)22-32(34)38/h10-15,20-21,27,39H,2-9,16-19,22H2,1H3/p+1. The summed E-state index contributed by atoms with van der Waals surface area (Å²) in [6.07, 6.45) is 10.8. The van der Waals surface area contributed by atoms with Gasteiger partial charge in [-0.15, -0.1) is 0 Å². The second-order valence-corrected chi connectivity index (χ2v) is 13.4. The Bertz CT molecular complexity index is 1860. The SMILES string of the molecule is Cc1ccc(-c2ccc(C3=c4cc5c6c(c4OC4=C3CC3CCCN7CCCC4=C37)CCC[N+]=6CCC5)cc2)c(N)c1. The molecule has 0 saturated carbocycles. The monoisotopic (exact) mass is 554 g/mol. The van der Waals surface area contributed by atoms with Gasteiger partial charge in [-0.2, -0.15) is 0 Å². The fourth-order valence-electron chi connectivity index (χ4n) is 9.07. The molecular formula is C38H40N3O+. The molecule has 5 aliphatic heterocycles. The highest BCUT2D eigenvalue weighted by Crippen LogP contribution is 2.49. The van der Waals surface area contributed by atoms with Crippen molar-refractivity contribution in [2.75, 3.05) is 31.9 Å². The number of nitrogen functional groups attached to an aromatic ring is 1. The van der Waals surface area contributed by atoms with Gasteiger partial charge < -0.3 is 15.4 Å². The summed E-state index contributed by atoms with van der Waals surface area (Å²) in [6.45, 7) is 6.88. The molecule has 0 bridgehead atoms. The Morgan fingerprint density at radius 3 is 2.52 bits per heavy atom. The first-order chi connectivity index (χ1) is 20.6. The number of aryl methyl sites for hydroxylation is 2. The van der Waals surface area contributed by atoms with E-state index in [2.05, 4.69) is 64.9 Å². The Morgan fingerprint density at radius 2 is 1.67 bits per heavy atom. The van der Waals surface area contributed by atoms with Gasteiger partial charge in [0, 0.05) is 70.7 Å². The predicted octanol–water partition coefficient (Wildman–Crippen LogP) is 5.64. The third-order valence-corrected chi connectivity index (χ3v) is 10.8. The fourth-order valence-corrected chi connectivity index (χ4v) is 9.07. The molecule has 6 aliphatic rings. The number of fused-ring (bicyclic) bond motifs is 3. The van der Waals surface area contributed by atoms with E-state index < -0.39 is 0 Å². The topological polar surface area (TPSA) is 41.5 Å². The van der Waals surface area contributed by atoms with Crippen LogP contribution in [-0.4, -0.2) is 31.1 Å². The molecule has 0 radical (unpaired) electrons. The van der Waals surface area contributed by atoms with Crippen LogP contribution in [-0.2, 0) is 12.8 Å². The largest absolute Gasteiger partial charge is 0.455 e. The zero-order chi connectivity index (χ0) is 27.9. The van der Waals surface area contributed by atoms with Gasteiger partial charge in [-0.1, -0.05) is 36.4 Å². The number of rotatable bonds is 2. The first kappa shape index (κ1) is 24.8. The van der Waals surface area contributed by atoms with Crippen molar-refractivity contribution in [1.82, 2.24) is 9.48 Å². The van der Waals surface area contributed by atoms with Gasteiger partial charge in [0.2, 0.25) is 5.36 Å². The van der Waals surface area contributed by atoms with Gasteiger partial charge in [0.25, 0.3) is 0 Å². The molecule has 5 heterocycles. The Balaban J connectivity index is 1.30. The van der Waals surface area contributed by atoms with Crippen molar-refractivity contribution in [3.8, 4) is 16.9 Å². The number of nitrogens with zero attached hydrogens (tertiary/aromatic N) is 2. The first-order valence-electron chi connectivity index (χ1n) is 16.3. The van der Waals surface area contributed by atoms with Gasteiger partial charge in [0.1, 0.15) is 24.6 Å². The molecule has 1 aliphatic carbocycles. The highest BCUT2D eigenvalue weighted by molar-refractivity contribution is 5.86. The van der Waals surface area contributed by atoms with Crippen LogP contribution < -0.4 is 25.6 Å². The van der Waals surface area contributed by atoms with Crippen molar-refractivity contribution in [3.05, 3.63) is 104 Å². The molecule has 1 atom stereocenters. The average molecular weight is 555 g/mol. The summed E-state index contributed by atoms with van der Waals surface area (Å²) in [5.41, 5.74) is 21.1. The number of hydrogen-bond acceptors (Lipinski definition) is 3. The van der Waals surface area contributed by atoms with E-state index in [4.69, 9.17) is 10.5 Å². The van der Waals surface area contributed by atoms with Crippen molar-refractivity contribution in [2.24, 2.45) is 5.92 Å². The van der Waals surface area contributed by atoms with Gasteiger partial charge in [0.15, 0.2) is 0 Å². The summed E-state index contributed by atoms with van der Waals surface area (Å²) >= 11 is 0. The van der Waals surface area contributed by atoms with E-state index in [0.29, 0.717) is 5.92 Å². The van der Waals surface area contributed by atoms with E-state index in [9.17, 15) is 0 Å². The molecule has 1 saturated heterocycles. The number of nitrogens with two attached hydrogens (primary N) is 1. The molecule has 4 heteroatoms. The Kier molecular flexibility index (Phi) is 5.52. The molecule has 1 fully saturated rings. The maximum absolute atomic E-state index is 7.24. The number of hydrogen-bond donors (Lipinski definition) is 1. The summed E-state index contributed by atoms with van der Waals surface area (Å²) in [5, 5.41) is 2.83. The summed E-state index contributed by atoms with van der Waals surface area (Å²) in [4.78, 5) is 2.70. The predicted molar refractivity (Wildman–Crippen MR) is 170 cm³/mol. The summed E-state index contributed by atoms with van der Waals surface area (Å²) in [5.74, 6) is 2.97. The highest BCUT2D eigenvalue weighted by atomic mass is 16.5. The van der Waals surface area contributed by atoms with E-state index in [1.165, 1.54) is 126 Å². The van der Waals surface area contributed by atoms with Crippen LogP contribution in [0.4, 0.5) is 5.69 Å². The molecule has 0 spiro atoms. The van der Waals surface area contributed by atoms with Crippen LogP contribution in [0.25, 0.3) is 16.7 Å². The average Bonchev–Trinajstić information content (AvgIpc) is 3.01. The van der Waals surface area contributed by atoms with Gasteiger partial charge in [0.05, 0.1) is 5.56 Å². The van der Waals surface area contributed by atoms with E-state index in [0.717, 1.165) is 36.3 Å². The van der Waals surface area contributed by atoms with Gasteiger partial charge in [-0.05, 0) is 86.3 Å². The van der Waals surface area contributed by atoms with Gasteiger partial charge in [-0.25, -0.2) is 4.58 Å². The van der Waals surface area contributed by atoms with Crippen molar-refractivity contribution in [1.29, 1.82) is 0 Å². The van der Waals surface area contributed by atoms with Crippen LogP contribution in [0.3, 0.4) is 0 Å². The second kappa shape index (κ2) is 9.36. The summed E-state index contributed by atoms with van der Waals surface area (Å²) in [6, 6.07) is 18.2. The Morgan fingerprint density at radius 1 is 0.857 bits per heavy atom. The lowest BCUT2D eigenvalue weighted by atomic mass is 9.73. The zero-order valence-electron chi connectivity index (χ0n) is 24.8. The minimum Gasteiger partial charge on any atom is -0.455 e. The summed E-state index contributed by atoms with van der Waals surface area (Å²) < 4.78 is 9.89. The first-order valence-corrected chi connectivity index (χ1v) is 16.3. The van der Waals surface area contributed by atoms with Crippen LogP contribution >= 0.6 is 0 Å². The van der Waals surface area contributed by atoms with Crippen LogP contribution in [0.2, 0.25) is 0 Å². The quantitative estimate of drug-likeness (QED) is 0.330. The second-order valence-electron chi connectivity index (χ2n) is 13.4. The highest BCUT2D eigenvalue weighted by Gasteiger charge is 2.41. The van der Waals surface area contributed by atoms with Crippen molar-refractivity contribution >= 4 is 11.3 Å². The lowest BCUT2D eigenvalue weighted by Crippen LogP contribution is -2.46. The molecular weight excluding hydrogens is 514 g/mol. The molecule has 1 unspecified atom stereocenters. The fraction of sp³-hybridized carbons (Fsp3) is 0.395. The van der Waals surface area contributed by atoms with Crippen molar-refractivity contribution in [2.45, 2.75) is 64.7 Å². The van der Waals surface area contributed by atoms with Crippen molar-refractivity contribution in [3.63, 3.8) is 0 Å². The molecule has 2 N–H and O–H groups in total. The number of anilines is 1. The minimum atomic E-state index is 0.617. The molecule has 212 valence electrons. The number of ether oxygens (including phenoxy) is 1. The van der Waals surface area contributed by atoms with Crippen LogP contribution in [0.15, 0.2) is 71.1 Å². The van der Waals surface area contributed by atoms with Gasteiger partial charge >= 0.3 is 0 Å².